The fourth-order valence-electron chi connectivity index (χ4n) is 3.22. The predicted molar refractivity (Wildman–Crippen MR) is 80.2 cm³/mol. The molecule has 0 aromatic heterocycles. The van der Waals surface area contributed by atoms with Crippen molar-refractivity contribution < 1.29 is 9.63 Å². The molecule has 0 N–H and O–H groups in total. The standard InChI is InChI=1S/C17H25NO2/c1-13(14-9-7-6-8-10-14)20-18-16(2,3)11-15(19)12-17(18,4)5/h6-10,13H,11-12H2,1-5H3. The number of hydrogen-bond donors (Lipinski definition) is 0. The van der Waals surface area contributed by atoms with Crippen LogP contribution in [0.5, 0.6) is 0 Å². The van der Waals surface area contributed by atoms with E-state index in [-0.39, 0.29) is 17.2 Å². The van der Waals surface area contributed by atoms with Gasteiger partial charge in [-0.3, -0.25) is 9.63 Å². The van der Waals surface area contributed by atoms with Crippen LogP contribution in [-0.4, -0.2) is 21.9 Å². The third-order valence-electron chi connectivity index (χ3n) is 3.89. The highest BCUT2D eigenvalue weighted by Crippen LogP contribution is 2.38. The van der Waals surface area contributed by atoms with E-state index in [9.17, 15) is 4.79 Å². The minimum Gasteiger partial charge on any atom is -0.300 e. The van der Waals surface area contributed by atoms with Crippen LogP contribution in [-0.2, 0) is 9.63 Å². The van der Waals surface area contributed by atoms with E-state index in [4.69, 9.17) is 4.84 Å². The Hall–Kier alpha value is -1.19. The van der Waals surface area contributed by atoms with Gasteiger partial charge in [-0.25, -0.2) is 0 Å². The normalized spacial score (nSPS) is 23.6. The van der Waals surface area contributed by atoms with Gasteiger partial charge in [-0.05, 0) is 40.2 Å². The average Bonchev–Trinajstić information content (AvgIpc) is 2.33. The molecule has 3 nitrogen and oxygen atoms in total. The Labute approximate surface area is 121 Å². The van der Waals surface area contributed by atoms with Crippen LogP contribution in [0.3, 0.4) is 0 Å². The van der Waals surface area contributed by atoms with Gasteiger partial charge in [-0.1, -0.05) is 30.3 Å². The molecule has 1 saturated heterocycles. The van der Waals surface area contributed by atoms with E-state index in [1.54, 1.807) is 0 Å². The molecule has 1 atom stereocenters. The fraction of sp³-hybridized carbons (Fsp3) is 0.588. The van der Waals surface area contributed by atoms with Crippen LogP contribution < -0.4 is 0 Å². The Morgan fingerprint density at radius 2 is 1.55 bits per heavy atom. The highest BCUT2D eigenvalue weighted by atomic mass is 16.7. The van der Waals surface area contributed by atoms with Crippen LogP contribution in [0.25, 0.3) is 0 Å². The number of benzene rings is 1. The number of carbonyl (C=O) groups is 1. The van der Waals surface area contributed by atoms with Crippen molar-refractivity contribution in [3.63, 3.8) is 0 Å². The van der Waals surface area contributed by atoms with E-state index in [2.05, 4.69) is 46.8 Å². The molecular formula is C17H25NO2. The first-order valence-corrected chi connectivity index (χ1v) is 7.26. The van der Waals surface area contributed by atoms with Crippen molar-refractivity contribution >= 4 is 5.78 Å². The summed E-state index contributed by atoms with van der Waals surface area (Å²) in [7, 11) is 0. The van der Waals surface area contributed by atoms with Crippen molar-refractivity contribution in [3.05, 3.63) is 35.9 Å². The molecule has 1 heterocycles. The van der Waals surface area contributed by atoms with Crippen LogP contribution in [0.4, 0.5) is 0 Å². The summed E-state index contributed by atoms with van der Waals surface area (Å²) in [4.78, 5) is 18.2. The van der Waals surface area contributed by atoms with Crippen molar-refractivity contribution in [1.82, 2.24) is 5.06 Å². The number of ketones is 1. The molecule has 1 aliphatic heterocycles. The summed E-state index contributed by atoms with van der Waals surface area (Å²) in [6.07, 6.45) is 1.05. The number of piperidine rings is 1. The van der Waals surface area contributed by atoms with Crippen LogP contribution in [0, 0.1) is 0 Å². The summed E-state index contributed by atoms with van der Waals surface area (Å²) < 4.78 is 0. The number of hydrogen-bond acceptors (Lipinski definition) is 3. The molecule has 1 aliphatic rings. The van der Waals surface area contributed by atoms with Gasteiger partial charge in [0.15, 0.2) is 0 Å². The number of Topliss-reactive ketones (excluding diaryl/α,β-unsaturated/α-hetero) is 1. The zero-order chi connectivity index (χ0) is 15.0. The van der Waals surface area contributed by atoms with Gasteiger partial charge in [-0.2, -0.15) is 5.06 Å². The Balaban J connectivity index is 2.20. The highest BCUT2D eigenvalue weighted by molar-refractivity contribution is 5.81. The molecule has 0 bridgehead atoms. The van der Waals surface area contributed by atoms with Crippen molar-refractivity contribution in [3.8, 4) is 0 Å². The number of rotatable bonds is 3. The Bertz CT molecular complexity index is 459. The summed E-state index contributed by atoms with van der Waals surface area (Å²) >= 11 is 0. The van der Waals surface area contributed by atoms with Gasteiger partial charge in [0.1, 0.15) is 11.9 Å². The third-order valence-corrected chi connectivity index (χ3v) is 3.89. The fourth-order valence-corrected chi connectivity index (χ4v) is 3.22. The highest BCUT2D eigenvalue weighted by Gasteiger charge is 2.46. The molecule has 0 radical (unpaired) electrons. The largest absolute Gasteiger partial charge is 0.300 e. The van der Waals surface area contributed by atoms with E-state index < -0.39 is 0 Å². The van der Waals surface area contributed by atoms with Gasteiger partial charge in [0.2, 0.25) is 0 Å². The molecule has 110 valence electrons. The summed E-state index contributed by atoms with van der Waals surface area (Å²) in [6, 6.07) is 10.2. The minimum atomic E-state index is -0.276. The van der Waals surface area contributed by atoms with Crippen LogP contribution in [0.1, 0.15) is 59.1 Å². The monoisotopic (exact) mass is 275 g/mol. The Morgan fingerprint density at radius 3 is 2.05 bits per heavy atom. The zero-order valence-electron chi connectivity index (χ0n) is 13.1. The van der Waals surface area contributed by atoms with Gasteiger partial charge in [-0.15, -0.1) is 0 Å². The van der Waals surface area contributed by atoms with Crippen LogP contribution >= 0.6 is 0 Å². The molecule has 0 aliphatic carbocycles. The predicted octanol–water partition coefficient (Wildman–Crippen LogP) is 3.90. The number of hydroxylamine groups is 2. The molecule has 2 rings (SSSR count). The van der Waals surface area contributed by atoms with Crippen molar-refractivity contribution in [1.29, 1.82) is 0 Å². The maximum absolute atomic E-state index is 11.9. The SMILES string of the molecule is CC(ON1C(C)(C)CC(=O)CC1(C)C)c1ccccc1. The summed E-state index contributed by atoms with van der Waals surface area (Å²) in [5.74, 6) is 0.312. The smallest absolute Gasteiger partial charge is 0.136 e. The lowest BCUT2D eigenvalue weighted by Crippen LogP contribution is -2.60. The third kappa shape index (κ3) is 3.10. The van der Waals surface area contributed by atoms with Crippen molar-refractivity contribution in [2.24, 2.45) is 0 Å². The van der Waals surface area contributed by atoms with Crippen LogP contribution in [0.15, 0.2) is 30.3 Å². The van der Waals surface area contributed by atoms with Crippen molar-refractivity contribution in [2.45, 2.75) is 64.6 Å². The molecule has 1 unspecified atom stereocenters. The number of carbonyl (C=O) groups excluding carboxylic acids is 1. The molecule has 0 amide bonds. The van der Waals surface area contributed by atoms with Crippen molar-refractivity contribution in [2.75, 3.05) is 0 Å². The summed E-state index contributed by atoms with van der Waals surface area (Å²) in [5.41, 5.74) is 0.597. The van der Waals surface area contributed by atoms with Gasteiger partial charge in [0, 0.05) is 23.9 Å². The Kier molecular flexibility index (Phi) is 4.03. The number of nitrogens with zero attached hydrogens (tertiary/aromatic N) is 1. The topological polar surface area (TPSA) is 29.5 Å². The van der Waals surface area contributed by atoms with E-state index in [1.807, 2.05) is 23.3 Å². The second-order valence-corrected chi connectivity index (χ2v) is 6.97. The molecule has 0 saturated carbocycles. The summed E-state index contributed by atoms with van der Waals surface area (Å²) in [6.45, 7) is 10.3. The molecule has 3 heteroatoms. The first-order chi connectivity index (χ1) is 9.22. The second-order valence-electron chi connectivity index (χ2n) is 6.97. The van der Waals surface area contributed by atoms with E-state index in [0.717, 1.165) is 5.56 Å². The van der Waals surface area contributed by atoms with E-state index >= 15 is 0 Å². The first-order valence-electron chi connectivity index (χ1n) is 7.26. The lowest BCUT2D eigenvalue weighted by molar-refractivity contribution is -0.297. The molecule has 0 spiro atoms. The van der Waals surface area contributed by atoms with Crippen LogP contribution in [0.2, 0.25) is 0 Å². The lowest BCUT2D eigenvalue weighted by Gasteiger charge is -2.51. The minimum absolute atomic E-state index is 0.0250. The Morgan fingerprint density at radius 1 is 1.05 bits per heavy atom. The van der Waals surface area contributed by atoms with E-state index in [0.29, 0.717) is 18.6 Å². The van der Waals surface area contributed by atoms with Gasteiger partial charge < -0.3 is 0 Å². The molecule has 20 heavy (non-hydrogen) atoms. The maximum Gasteiger partial charge on any atom is 0.136 e. The maximum atomic E-state index is 11.9. The first kappa shape index (κ1) is 15.2. The average molecular weight is 275 g/mol. The second kappa shape index (κ2) is 5.30. The quantitative estimate of drug-likeness (QED) is 0.838. The molecule has 1 aromatic carbocycles. The lowest BCUT2D eigenvalue weighted by atomic mass is 9.81. The zero-order valence-corrected chi connectivity index (χ0v) is 13.1. The van der Waals surface area contributed by atoms with Gasteiger partial charge >= 0.3 is 0 Å². The molecular weight excluding hydrogens is 250 g/mol. The molecule has 1 aromatic rings. The van der Waals surface area contributed by atoms with Gasteiger partial charge in [0.25, 0.3) is 0 Å². The van der Waals surface area contributed by atoms with E-state index in [1.165, 1.54) is 0 Å². The summed E-state index contributed by atoms with van der Waals surface area (Å²) in [5, 5.41) is 2.03. The molecule has 1 fully saturated rings. The van der Waals surface area contributed by atoms with Gasteiger partial charge in [0.05, 0.1) is 0 Å².